The lowest BCUT2D eigenvalue weighted by Gasteiger charge is -1.98. The zero-order valence-corrected chi connectivity index (χ0v) is 7.36. The second-order valence-corrected chi connectivity index (χ2v) is 3.03. The van der Waals surface area contributed by atoms with Gasteiger partial charge in [0.2, 0.25) is 0 Å². The first kappa shape index (κ1) is 8.11. The Kier molecular flexibility index (Phi) is 2.17. The Labute approximate surface area is 78.0 Å². The van der Waals surface area contributed by atoms with Crippen molar-refractivity contribution in [2.75, 3.05) is 0 Å². The van der Waals surface area contributed by atoms with Crippen LogP contribution in [0.2, 0.25) is 0 Å². The lowest BCUT2D eigenvalue weighted by Crippen LogP contribution is -1.86. The molecule has 2 rings (SSSR count). The van der Waals surface area contributed by atoms with Gasteiger partial charge in [-0.25, -0.2) is 0 Å². The van der Waals surface area contributed by atoms with Crippen LogP contribution in [0.3, 0.4) is 0 Å². The van der Waals surface area contributed by atoms with E-state index in [2.05, 4.69) is 19.1 Å². The van der Waals surface area contributed by atoms with Crippen LogP contribution in [0.1, 0.15) is 16.9 Å². The summed E-state index contributed by atoms with van der Waals surface area (Å²) < 4.78 is 5.31. The zero-order chi connectivity index (χ0) is 9.10. The fourth-order valence-corrected chi connectivity index (χ4v) is 1.30. The van der Waals surface area contributed by atoms with Gasteiger partial charge < -0.3 is 4.42 Å². The predicted molar refractivity (Wildman–Crippen MR) is 52.4 cm³/mol. The van der Waals surface area contributed by atoms with Crippen LogP contribution >= 0.6 is 0 Å². The van der Waals surface area contributed by atoms with E-state index in [1.807, 2.05) is 24.3 Å². The standard InChI is InChI=1S/C12H11O/c1-10-7-8-13-12(10)9-11-5-3-2-4-6-11/h2-8H,1,9H2. The molecule has 0 aliphatic carbocycles. The van der Waals surface area contributed by atoms with E-state index < -0.39 is 0 Å². The SMILES string of the molecule is [CH2]c1ccoc1Cc1ccccc1. The highest BCUT2D eigenvalue weighted by molar-refractivity contribution is 5.27. The normalized spacial score (nSPS) is 10.2. The fourth-order valence-electron chi connectivity index (χ4n) is 1.30. The van der Waals surface area contributed by atoms with Crippen molar-refractivity contribution in [2.24, 2.45) is 0 Å². The molecule has 1 heteroatoms. The molecule has 0 amide bonds. The Morgan fingerprint density at radius 1 is 1.08 bits per heavy atom. The summed E-state index contributed by atoms with van der Waals surface area (Å²) in [7, 11) is 0. The van der Waals surface area contributed by atoms with Gasteiger partial charge in [0, 0.05) is 6.42 Å². The topological polar surface area (TPSA) is 13.1 Å². The summed E-state index contributed by atoms with van der Waals surface area (Å²) in [4.78, 5) is 0. The van der Waals surface area contributed by atoms with E-state index in [1.54, 1.807) is 6.26 Å². The second-order valence-electron chi connectivity index (χ2n) is 3.03. The molecule has 0 bridgehead atoms. The fraction of sp³-hybridized carbons (Fsp3) is 0.0833. The Balaban J connectivity index is 2.20. The van der Waals surface area contributed by atoms with Gasteiger partial charge in [-0.15, -0.1) is 0 Å². The average Bonchev–Trinajstić information content (AvgIpc) is 2.54. The van der Waals surface area contributed by atoms with Gasteiger partial charge in [0.25, 0.3) is 0 Å². The van der Waals surface area contributed by atoms with Gasteiger partial charge in [-0.3, -0.25) is 0 Å². The van der Waals surface area contributed by atoms with Crippen molar-refractivity contribution in [3.63, 3.8) is 0 Å². The maximum absolute atomic E-state index is 5.31. The van der Waals surface area contributed by atoms with Crippen molar-refractivity contribution in [1.82, 2.24) is 0 Å². The van der Waals surface area contributed by atoms with Crippen molar-refractivity contribution in [3.05, 3.63) is 66.5 Å². The minimum absolute atomic E-state index is 0.826. The highest BCUT2D eigenvalue weighted by Crippen LogP contribution is 2.13. The average molecular weight is 171 g/mol. The summed E-state index contributed by atoms with van der Waals surface area (Å²) in [6, 6.07) is 12.1. The van der Waals surface area contributed by atoms with Gasteiger partial charge in [0.15, 0.2) is 0 Å². The molecule has 0 fully saturated rings. The molecule has 0 aliphatic heterocycles. The first-order valence-electron chi connectivity index (χ1n) is 4.28. The molecule has 0 saturated heterocycles. The maximum Gasteiger partial charge on any atom is 0.111 e. The first-order valence-corrected chi connectivity index (χ1v) is 4.28. The lowest BCUT2D eigenvalue weighted by molar-refractivity contribution is 0.519. The van der Waals surface area contributed by atoms with E-state index in [0.717, 1.165) is 17.7 Å². The first-order chi connectivity index (χ1) is 6.36. The molecule has 65 valence electrons. The summed E-state index contributed by atoms with van der Waals surface area (Å²) in [6.45, 7) is 3.88. The molecule has 0 atom stereocenters. The maximum atomic E-state index is 5.31. The third-order valence-electron chi connectivity index (χ3n) is 2.05. The van der Waals surface area contributed by atoms with Crippen LogP contribution in [-0.4, -0.2) is 0 Å². The Bertz CT molecular complexity index is 373. The van der Waals surface area contributed by atoms with Crippen LogP contribution in [0.4, 0.5) is 0 Å². The number of hydrogen-bond acceptors (Lipinski definition) is 1. The molecule has 13 heavy (non-hydrogen) atoms. The molecule has 0 aliphatic rings. The Morgan fingerprint density at radius 2 is 1.85 bits per heavy atom. The Morgan fingerprint density at radius 3 is 2.46 bits per heavy atom. The summed E-state index contributed by atoms with van der Waals surface area (Å²) >= 11 is 0. The van der Waals surface area contributed by atoms with Crippen LogP contribution in [0.25, 0.3) is 0 Å². The molecule has 1 aromatic carbocycles. The van der Waals surface area contributed by atoms with E-state index >= 15 is 0 Å². The molecular weight excluding hydrogens is 160 g/mol. The van der Waals surface area contributed by atoms with Gasteiger partial charge in [0.05, 0.1) is 6.26 Å². The van der Waals surface area contributed by atoms with Crippen molar-refractivity contribution in [1.29, 1.82) is 0 Å². The molecule has 1 aromatic heterocycles. The van der Waals surface area contributed by atoms with Crippen LogP contribution in [0, 0.1) is 6.92 Å². The van der Waals surface area contributed by atoms with E-state index in [-0.39, 0.29) is 0 Å². The number of benzene rings is 1. The highest BCUT2D eigenvalue weighted by Gasteiger charge is 2.01. The van der Waals surface area contributed by atoms with Crippen molar-refractivity contribution in [2.45, 2.75) is 6.42 Å². The van der Waals surface area contributed by atoms with Crippen LogP contribution in [0.15, 0.2) is 47.1 Å². The highest BCUT2D eigenvalue weighted by atomic mass is 16.3. The third-order valence-corrected chi connectivity index (χ3v) is 2.05. The summed E-state index contributed by atoms with van der Waals surface area (Å²) in [6.07, 6.45) is 2.51. The van der Waals surface area contributed by atoms with E-state index in [1.165, 1.54) is 5.56 Å². The Hall–Kier alpha value is -1.50. The van der Waals surface area contributed by atoms with Gasteiger partial charge in [0.1, 0.15) is 5.76 Å². The van der Waals surface area contributed by atoms with E-state index in [4.69, 9.17) is 4.42 Å². The zero-order valence-electron chi connectivity index (χ0n) is 7.36. The molecule has 0 unspecified atom stereocenters. The van der Waals surface area contributed by atoms with Crippen molar-refractivity contribution < 1.29 is 4.42 Å². The van der Waals surface area contributed by atoms with E-state index in [0.29, 0.717) is 0 Å². The number of rotatable bonds is 2. The molecule has 1 radical (unpaired) electrons. The van der Waals surface area contributed by atoms with Gasteiger partial charge in [-0.05, 0) is 24.1 Å². The van der Waals surface area contributed by atoms with E-state index in [9.17, 15) is 0 Å². The largest absolute Gasteiger partial charge is 0.469 e. The van der Waals surface area contributed by atoms with Crippen molar-refractivity contribution in [3.8, 4) is 0 Å². The minimum atomic E-state index is 0.826. The molecule has 0 saturated carbocycles. The number of hydrogen-bond donors (Lipinski definition) is 0. The summed E-state index contributed by atoms with van der Waals surface area (Å²) in [5.41, 5.74) is 2.23. The van der Waals surface area contributed by atoms with Crippen LogP contribution in [0.5, 0.6) is 0 Å². The molecule has 0 N–H and O–H groups in total. The molecule has 2 aromatic rings. The minimum Gasteiger partial charge on any atom is -0.469 e. The quantitative estimate of drug-likeness (QED) is 0.676. The number of furan rings is 1. The molecule has 1 nitrogen and oxygen atoms in total. The third kappa shape index (κ3) is 1.81. The summed E-state index contributed by atoms with van der Waals surface area (Å²) in [5.74, 6) is 0.950. The molecule has 1 heterocycles. The van der Waals surface area contributed by atoms with Gasteiger partial charge in [-0.2, -0.15) is 0 Å². The smallest absolute Gasteiger partial charge is 0.111 e. The molecular formula is C12H11O. The second kappa shape index (κ2) is 3.48. The molecule has 0 spiro atoms. The van der Waals surface area contributed by atoms with Crippen LogP contribution < -0.4 is 0 Å². The summed E-state index contributed by atoms with van der Waals surface area (Å²) in [5, 5.41) is 0. The van der Waals surface area contributed by atoms with Crippen molar-refractivity contribution >= 4 is 0 Å². The van der Waals surface area contributed by atoms with Gasteiger partial charge in [-0.1, -0.05) is 30.3 Å². The predicted octanol–water partition coefficient (Wildman–Crippen LogP) is 3.05. The van der Waals surface area contributed by atoms with Crippen LogP contribution in [-0.2, 0) is 6.42 Å². The monoisotopic (exact) mass is 171 g/mol. The lowest BCUT2D eigenvalue weighted by atomic mass is 10.1. The van der Waals surface area contributed by atoms with Gasteiger partial charge >= 0.3 is 0 Å².